The zero-order chi connectivity index (χ0) is 14.1. The summed E-state index contributed by atoms with van der Waals surface area (Å²) >= 11 is 1.76. The van der Waals surface area contributed by atoms with Crippen LogP contribution in [0.2, 0.25) is 0 Å². The van der Waals surface area contributed by atoms with Gasteiger partial charge >= 0.3 is 0 Å². The second kappa shape index (κ2) is 5.13. The highest BCUT2D eigenvalue weighted by atomic mass is 32.1. The first-order chi connectivity index (χ1) is 9.65. The number of hydrogen-bond acceptors (Lipinski definition) is 4. The van der Waals surface area contributed by atoms with Crippen LogP contribution in [-0.2, 0) is 0 Å². The SMILES string of the molecule is Cc1cc2c(NC(C)c3cccs3)ccc(N)c2cn1. The minimum Gasteiger partial charge on any atom is -0.398 e. The molecule has 0 amide bonds. The van der Waals surface area contributed by atoms with E-state index in [9.17, 15) is 0 Å². The number of thiophene rings is 1. The van der Waals surface area contributed by atoms with Crippen LogP contribution in [0.3, 0.4) is 0 Å². The van der Waals surface area contributed by atoms with Crippen LogP contribution in [0.5, 0.6) is 0 Å². The van der Waals surface area contributed by atoms with Crippen molar-refractivity contribution >= 4 is 33.5 Å². The normalized spacial score (nSPS) is 12.5. The van der Waals surface area contributed by atoms with E-state index in [0.717, 1.165) is 27.8 Å². The van der Waals surface area contributed by atoms with Crippen molar-refractivity contribution in [3.63, 3.8) is 0 Å². The van der Waals surface area contributed by atoms with Gasteiger partial charge in [0.2, 0.25) is 0 Å². The van der Waals surface area contributed by atoms with E-state index < -0.39 is 0 Å². The Morgan fingerprint density at radius 3 is 2.85 bits per heavy atom. The molecule has 2 heterocycles. The van der Waals surface area contributed by atoms with Gasteiger partial charge in [-0.2, -0.15) is 0 Å². The Morgan fingerprint density at radius 2 is 2.10 bits per heavy atom. The van der Waals surface area contributed by atoms with E-state index in [1.165, 1.54) is 4.88 Å². The Morgan fingerprint density at radius 1 is 1.25 bits per heavy atom. The zero-order valence-corrected chi connectivity index (χ0v) is 12.4. The molecule has 0 fully saturated rings. The monoisotopic (exact) mass is 283 g/mol. The fourth-order valence-electron chi connectivity index (χ4n) is 2.33. The number of fused-ring (bicyclic) bond motifs is 1. The Hall–Kier alpha value is -2.07. The molecule has 0 spiro atoms. The lowest BCUT2D eigenvalue weighted by Crippen LogP contribution is -2.05. The summed E-state index contributed by atoms with van der Waals surface area (Å²) < 4.78 is 0. The summed E-state index contributed by atoms with van der Waals surface area (Å²) in [5, 5.41) is 7.79. The third-order valence-electron chi connectivity index (χ3n) is 3.41. The van der Waals surface area contributed by atoms with Crippen LogP contribution in [0.15, 0.2) is 41.9 Å². The van der Waals surface area contributed by atoms with E-state index in [0.29, 0.717) is 0 Å². The molecule has 4 heteroatoms. The molecular weight excluding hydrogens is 266 g/mol. The molecular formula is C16H17N3S. The Labute approximate surface area is 122 Å². The quantitative estimate of drug-likeness (QED) is 0.702. The van der Waals surface area contributed by atoms with Gasteiger partial charge in [-0.3, -0.25) is 4.98 Å². The molecule has 3 aromatic rings. The van der Waals surface area contributed by atoms with Gasteiger partial charge in [-0.1, -0.05) is 6.07 Å². The molecule has 1 unspecified atom stereocenters. The smallest absolute Gasteiger partial charge is 0.0578 e. The summed E-state index contributed by atoms with van der Waals surface area (Å²) in [7, 11) is 0. The number of nitrogens with two attached hydrogens (primary N) is 1. The molecule has 0 saturated heterocycles. The van der Waals surface area contributed by atoms with Crippen LogP contribution < -0.4 is 11.1 Å². The molecule has 0 saturated carbocycles. The molecule has 102 valence electrons. The maximum atomic E-state index is 6.03. The molecule has 0 bridgehead atoms. The largest absolute Gasteiger partial charge is 0.398 e. The van der Waals surface area contributed by atoms with E-state index in [-0.39, 0.29) is 6.04 Å². The lowest BCUT2D eigenvalue weighted by atomic mass is 10.1. The number of nitrogen functional groups attached to an aromatic ring is 1. The van der Waals surface area contributed by atoms with E-state index in [2.05, 4.69) is 40.8 Å². The molecule has 3 rings (SSSR count). The molecule has 3 N–H and O–H groups in total. The summed E-state index contributed by atoms with van der Waals surface area (Å²) in [6.07, 6.45) is 1.85. The molecule has 1 aromatic carbocycles. The van der Waals surface area contributed by atoms with Crippen LogP contribution in [-0.4, -0.2) is 4.98 Å². The third-order valence-corrected chi connectivity index (χ3v) is 4.47. The highest BCUT2D eigenvalue weighted by molar-refractivity contribution is 7.10. The van der Waals surface area contributed by atoms with Gasteiger partial charge in [0.15, 0.2) is 0 Å². The number of benzene rings is 1. The Bertz CT molecular complexity index is 735. The van der Waals surface area contributed by atoms with E-state index in [1.54, 1.807) is 11.3 Å². The van der Waals surface area contributed by atoms with Gasteiger partial charge in [-0.05, 0) is 43.5 Å². The van der Waals surface area contributed by atoms with Gasteiger partial charge in [0.25, 0.3) is 0 Å². The molecule has 0 aliphatic heterocycles. The lowest BCUT2D eigenvalue weighted by molar-refractivity contribution is 0.910. The van der Waals surface area contributed by atoms with Gasteiger partial charge in [0.1, 0.15) is 0 Å². The molecule has 2 aromatic heterocycles. The minimum atomic E-state index is 0.273. The molecule has 0 aliphatic carbocycles. The topological polar surface area (TPSA) is 50.9 Å². The summed E-state index contributed by atoms with van der Waals surface area (Å²) in [6.45, 7) is 4.16. The number of aromatic nitrogens is 1. The predicted molar refractivity (Wildman–Crippen MR) is 87.2 cm³/mol. The molecule has 0 radical (unpaired) electrons. The van der Waals surface area contributed by atoms with Crippen molar-refractivity contribution in [1.82, 2.24) is 4.98 Å². The van der Waals surface area contributed by atoms with Crippen molar-refractivity contribution < 1.29 is 0 Å². The predicted octanol–water partition coefficient (Wildman–Crippen LogP) is 4.36. The van der Waals surface area contributed by atoms with Crippen molar-refractivity contribution in [2.24, 2.45) is 0 Å². The number of rotatable bonds is 3. The maximum Gasteiger partial charge on any atom is 0.0578 e. The van der Waals surface area contributed by atoms with E-state index in [4.69, 9.17) is 5.73 Å². The van der Waals surface area contributed by atoms with Crippen LogP contribution >= 0.6 is 11.3 Å². The van der Waals surface area contributed by atoms with Crippen LogP contribution in [0.1, 0.15) is 23.5 Å². The second-order valence-corrected chi connectivity index (χ2v) is 5.93. The number of nitrogens with one attached hydrogen (secondary N) is 1. The van der Waals surface area contributed by atoms with Gasteiger partial charge in [-0.25, -0.2) is 0 Å². The maximum absolute atomic E-state index is 6.03. The van der Waals surface area contributed by atoms with Gasteiger partial charge in [-0.15, -0.1) is 11.3 Å². The number of aryl methyl sites for hydroxylation is 1. The third kappa shape index (κ3) is 2.34. The first-order valence-electron chi connectivity index (χ1n) is 6.60. The minimum absolute atomic E-state index is 0.273. The highest BCUT2D eigenvalue weighted by Crippen LogP contribution is 2.31. The highest BCUT2D eigenvalue weighted by Gasteiger charge is 2.10. The number of pyridine rings is 1. The van der Waals surface area contributed by atoms with Gasteiger partial charge in [0.05, 0.1) is 6.04 Å². The zero-order valence-electron chi connectivity index (χ0n) is 11.6. The molecule has 20 heavy (non-hydrogen) atoms. The number of nitrogens with zero attached hydrogens (tertiary/aromatic N) is 1. The van der Waals surface area contributed by atoms with E-state index in [1.807, 2.05) is 25.3 Å². The van der Waals surface area contributed by atoms with Crippen molar-refractivity contribution in [2.45, 2.75) is 19.9 Å². The summed E-state index contributed by atoms with van der Waals surface area (Å²) in [6, 6.07) is 10.6. The molecule has 0 aliphatic rings. The second-order valence-electron chi connectivity index (χ2n) is 4.96. The van der Waals surface area contributed by atoms with Crippen molar-refractivity contribution in [1.29, 1.82) is 0 Å². The van der Waals surface area contributed by atoms with Gasteiger partial charge in [0, 0.05) is 38.9 Å². The number of hydrogen-bond donors (Lipinski definition) is 2. The fraction of sp³-hybridized carbons (Fsp3) is 0.188. The summed E-state index contributed by atoms with van der Waals surface area (Å²) in [4.78, 5) is 5.65. The number of anilines is 2. The van der Waals surface area contributed by atoms with Gasteiger partial charge < -0.3 is 11.1 Å². The van der Waals surface area contributed by atoms with E-state index >= 15 is 0 Å². The Kier molecular flexibility index (Phi) is 3.32. The lowest BCUT2D eigenvalue weighted by Gasteiger charge is -2.16. The first kappa shape index (κ1) is 12.9. The van der Waals surface area contributed by atoms with Crippen LogP contribution in [0, 0.1) is 6.92 Å². The van der Waals surface area contributed by atoms with Crippen LogP contribution in [0.4, 0.5) is 11.4 Å². The van der Waals surface area contributed by atoms with Crippen molar-refractivity contribution in [3.05, 3.63) is 52.5 Å². The average molecular weight is 283 g/mol. The first-order valence-corrected chi connectivity index (χ1v) is 7.48. The summed E-state index contributed by atoms with van der Waals surface area (Å²) in [5.74, 6) is 0. The van der Waals surface area contributed by atoms with Crippen molar-refractivity contribution in [3.8, 4) is 0 Å². The summed E-state index contributed by atoms with van der Waals surface area (Å²) in [5.41, 5.74) is 8.89. The van der Waals surface area contributed by atoms with Crippen molar-refractivity contribution in [2.75, 3.05) is 11.1 Å². The Balaban J connectivity index is 2.03. The molecule has 1 atom stereocenters. The average Bonchev–Trinajstić information content (AvgIpc) is 2.96. The molecule has 3 nitrogen and oxygen atoms in total. The fourth-order valence-corrected chi connectivity index (χ4v) is 3.07. The van der Waals surface area contributed by atoms with Crippen LogP contribution in [0.25, 0.3) is 10.8 Å². The standard InChI is InChI=1S/C16H17N3S/c1-10-8-12-13(9-18-10)14(17)5-6-15(12)19-11(2)16-4-3-7-20-16/h3-9,11,19H,17H2,1-2H3.